The van der Waals surface area contributed by atoms with Crippen LogP contribution in [-0.2, 0) is 33.9 Å². The van der Waals surface area contributed by atoms with Crippen LogP contribution in [0.2, 0.25) is 0 Å². The molecule has 0 rings (SSSR count). The van der Waals surface area contributed by atoms with Crippen LogP contribution in [0.3, 0.4) is 0 Å². The molecule has 0 aromatic carbocycles. The maximum atomic E-state index is 11.2. The Kier molecular flexibility index (Phi) is 8.81. The van der Waals surface area contributed by atoms with Gasteiger partial charge in [0.15, 0.2) is 8.77 Å². The number of unbranched alkanes of at least 4 members (excludes halogenated alkanes) is 2. The summed E-state index contributed by atoms with van der Waals surface area (Å²) >= 11 is 4.34. The average Bonchev–Trinajstić information content (AvgIpc) is 2.26. The Hall–Kier alpha value is -0.770. The summed E-state index contributed by atoms with van der Waals surface area (Å²) in [6.07, 6.45) is 2.41. The van der Waals surface area contributed by atoms with Crippen molar-refractivity contribution in [1.29, 1.82) is 0 Å². The first-order valence-corrected chi connectivity index (χ1v) is 8.02. The van der Waals surface area contributed by atoms with Gasteiger partial charge in [-0.3, -0.25) is 9.59 Å². The van der Waals surface area contributed by atoms with Gasteiger partial charge in [-0.15, -0.1) is 4.33 Å². The number of amides is 2. The molecule has 18 heavy (non-hydrogen) atoms. The van der Waals surface area contributed by atoms with Gasteiger partial charge in [-0.05, 0) is 19.3 Å². The van der Waals surface area contributed by atoms with E-state index < -0.39 is 20.4 Å². The van der Waals surface area contributed by atoms with Crippen molar-refractivity contribution in [3.63, 3.8) is 0 Å². The van der Waals surface area contributed by atoms with E-state index >= 15 is 0 Å². The van der Waals surface area contributed by atoms with Gasteiger partial charge in [-0.25, -0.2) is 9.47 Å². The molecule has 0 radical (unpaired) electrons. The fraction of sp³-hybridized carbons (Fsp3) is 0.778. The summed E-state index contributed by atoms with van der Waals surface area (Å²) in [5.74, 6) is -1.12. The van der Waals surface area contributed by atoms with Gasteiger partial charge < -0.3 is 10.6 Å². The van der Waals surface area contributed by atoms with E-state index in [9.17, 15) is 13.8 Å². The van der Waals surface area contributed by atoms with Crippen LogP contribution < -0.4 is 10.6 Å². The van der Waals surface area contributed by atoms with Gasteiger partial charge in [0.25, 0.3) is 0 Å². The lowest BCUT2D eigenvalue weighted by molar-refractivity contribution is -0.128. The molecule has 106 valence electrons. The zero-order valence-electron chi connectivity index (χ0n) is 10.1. The molecule has 0 spiro atoms. The predicted molar refractivity (Wildman–Crippen MR) is 69.6 cm³/mol. The first-order valence-electron chi connectivity index (χ1n) is 5.44. The quantitative estimate of drug-likeness (QED) is 0.303. The Labute approximate surface area is 111 Å². The van der Waals surface area contributed by atoms with E-state index in [2.05, 4.69) is 26.2 Å². The van der Waals surface area contributed by atoms with Crippen LogP contribution in [0.15, 0.2) is 0 Å². The van der Waals surface area contributed by atoms with E-state index in [1.54, 1.807) is 0 Å². The average molecular weight is 298 g/mol. The van der Waals surface area contributed by atoms with Crippen LogP contribution in [0.1, 0.15) is 26.2 Å². The minimum absolute atomic E-state index is 0.0625. The van der Waals surface area contributed by atoms with Crippen LogP contribution in [-0.4, -0.2) is 40.1 Å². The Morgan fingerprint density at radius 2 is 1.78 bits per heavy atom. The molecule has 1 unspecified atom stereocenters. The number of hydrogen-bond donors (Lipinski definition) is 3. The molecule has 0 aliphatic heterocycles. The fourth-order valence-electron chi connectivity index (χ4n) is 1.16. The summed E-state index contributed by atoms with van der Waals surface area (Å²) in [5.41, 5.74) is 0. The lowest BCUT2D eigenvalue weighted by Gasteiger charge is -2.06. The molecular weight excluding hydrogens is 280 g/mol. The first-order chi connectivity index (χ1) is 8.37. The van der Waals surface area contributed by atoms with Gasteiger partial charge in [0.1, 0.15) is 5.75 Å². The minimum atomic E-state index is -3.35. The van der Waals surface area contributed by atoms with Crippen molar-refractivity contribution in [2.45, 2.75) is 26.2 Å². The molecule has 0 saturated heterocycles. The molecule has 7 nitrogen and oxygen atoms in total. The molecule has 0 fully saturated rings. The summed E-state index contributed by atoms with van der Waals surface area (Å²) in [4.78, 5) is 21.7. The molecular formula is C9H18N2O5S2. The van der Waals surface area contributed by atoms with Crippen molar-refractivity contribution in [2.24, 2.45) is 0 Å². The molecule has 0 aliphatic carbocycles. The molecule has 0 aliphatic rings. The highest BCUT2D eigenvalue weighted by atomic mass is 32.8. The third kappa shape index (κ3) is 10.4. The van der Waals surface area contributed by atoms with E-state index in [1.807, 2.05) is 0 Å². The lowest BCUT2D eigenvalue weighted by atomic mass is 10.2. The minimum Gasteiger partial charge on any atom is -0.356 e. The lowest BCUT2D eigenvalue weighted by Crippen LogP contribution is -2.31. The Morgan fingerprint density at radius 1 is 1.22 bits per heavy atom. The zero-order valence-corrected chi connectivity index (χ0v) is 11.8. The van der Waals surface area contributed by atoms with Crippen LogP contribution in [0, 0.1) is 0 Å². The second kappa shape index (κ2) is 9.20. The van der Waals surface area contributed by atoms with E-state index in [0.717, 1.165) is 19.3 Å². The summed E-state index contributed by atoms with van der Waals surface area (Å²) in [6.45, 7) is 2.49. The van der Waals surface area contributed by atoms with Gasteiger partial charge in [-0.2, -0.15) is 0 Å². The first kappa shape index (κ1) is 17.2. The van der Waals surface area contributed by atoms with Crippen molar-refractivity contribution in [2.75, 3.05) is 18.8 Å². The van der Waals surface area contributed by atoms with Crippen molar-refractivity contribution >= 4 is 31.8 Å². The van der Waals surface area contributed by atoms with Crippen LogP contribution >= 0.6 is 0 Å². The summed E-state index contributed by atoms with van der Waals surface area (Å²) in [6, 6.07) is 0. The Bertz CT molecular complexity index is 369. The molecule has 3 N–H and O–H groups in total. The number of carbonyl (C=O) groups is 2. The number of rotatable bonds is 9. The molecule has 2 amide bonds. The SMILES string of the molecule is CC(=O)NCCCCCNC(=O)CS(=O)(=S)OO. The molecule has 1 atom stereocenters. The van der Waals surface area contributed by atoms with E-state index in [4.69, 9.17) is 5.26 Å². The number of carbonyl (C=O) groups excluding carboxylic acids is 2. The summed E-state index contributed by atoms with van der Waals surface area (Å²) < 4.78 is 14.6. The van der Waals surface area contributed by atoms with Gasteiger partial charge >= 0.3 is 0 Å². The number of hydrogen-bond acceptors (Lipinski definition) is 6. The van der Waals surface area contributed by atoms with Crippen LogP contribution in [0.25, 0.3) is 0 Å². The molecule has 0 aromatic heterocycles. The van der Waals surface area contributed by atoms with E-state index in [1.165, 1.54) is 6.92 Å². The second-order valence-corrected chi connectivity index (χ2v) is 6.75. The molecule has 0 heterocycles. The third-order valence-electron chi connectivity index (χ3n) is 1.97. The Balaban J connectivity index is 3.50. The predicted octanol–water partition coefficient (Wildman–Crippen LogP) is -0.440. The van der Waals surface area contributed by atoms with Crippen LogP contribution in [0.5, 0.6) is 0 Å². The highest BCUT2D eigenvalue weighted by Gasteiger charge is 2.12. The largest absolute Gasteiger partial charge is 0.356 e. The van der Waals surface area contributed by atoms with Gasteiger partial charge in [-0.1, -0.05) is 0 Å². The molecule has 0 aromatic rings. The topological polar surface area (TPSA) is 105 Å². The standard InChI is InChI=1S/C9H18N2O5S2/c1-8(12)10-5-3-2-4-6-11-9(13)7-18(15,17)16-14/h14H,2-7H2,1H3,(H,10,12)(H,11,13). The van der Waals surface area contributed by atoms with Crippen molar-refractivity contribution < 1.29 is 23.4 Å². The monoisotopic (exact) mass is 298 g/mol. The molecule has 9 heteroatoms. The van der Waals surface area contributed by atoms with Crippen molar-refractivity contribution in [3.8, 4) is 0 Å². The van der Waals surface area contributed by atoms with Gasteiger partial charge in [0.05, 0.1) is 0 Å². The third-order valence-corrected chi connectivity index (χ3v) is 3.35. The number of nitrogens with one attached hydrogen (secondary N) is 2. The van der Waals surface area contributed by atoms with Crippen molar-refractivity contribution in [3.05, 3.63) is 0 Å². The highest BCUT2D eigenvalue weighted by Crippen LogP contribution is 1.94. The van der Waals surface area contributed by atoms with Crippen LogP contribution in [0.4, 0.5) is 0 Å². The summed E-state index contributed by atoms with van der Waals surface area (Å²) in [5, 5.41) is 13.3. The maximum Gasteiger partial charge on any atom is 0.235 e. The smallest absolute Gasteiger partial charge is 0.235 e. The highest BCUT2D eigenvalue weighted by molar-refractivity contribution is 8.30. The molecule has 0 saturated carbocycles. The fourth-order valence-corrected chi connectivity index (χ4v) is 1.95. The van der Waals surface area contributed by atoms with Crippen molar-refractivity contribution in [1.82, 2.24) is 10.6 Å². The zero-order chi connectivity index (χ0) is 14.0. The normalized spacial score (nSPS) is 13.7. The molecule has 0 bridgehead atoms. The maximum absolute atomic E-state index is 11.2. The van der Waals surface area contributed by atoms with E-state index in [0.29, 0.717) is 13.1 Å². The Morgan fingerprint density at radius 3 is 2.28 bits per heavy atom. The summed E-state index contributed by atoms with van der Waals surface area (Å²) in [7, 11) is -3.35. The van der Waals surface area contributed by atoms with E-state index in [-0.39, 0.29) is 5.91 Å². The second-order valence-electron chi connectivity index (χ2n) is 3.67. The van der Waals surface area contributed by atoms with Gasteiger partial charge in [0, 0.05) is 31.2 Å². The van der Waals surface area contributed by atoms with Gasteiger partial charge in [0.2, 0.25) is 11.8 Å².